The molecule has 0 saturated heterocycles. The predicted octanol–water partition coefficient (Wildman–Crippen LogP) is 5.66. The number of Topliss-reactive ketones (excluding diaryl/α,β-unsaturated/α-hetero) is 1. The molecule has 0 aromatic carbocycles. The fourth-order valence-electron chi connectivity index (χ4n) is 3.64. The molecule has 4 nitrogen and oxygen atoms in total. The molecule has 158 valence electrons. The van der Waals surface area contributed by atoms with E-state index in [1.165, 1.54) is 0 Å². The van der Waals surface area contributed by atoms with Gasteiger partial charge in [-0.1, -0.05) is 46.0 Å². The quantitative estimate of drug-likeness (QED) is 0.409. The first-order valence-electron chi connectivity index (χ1n) is 10.6. The van der Waals surface area contributed by atoms with Crippen LogP contribution < -0.4 is 0 Å². The average Bonchev–Trinajstić information content (AvgIpc) is 2.54. The largest absolute Gasteiger partial charge is 0.511 e. The molecule has 0 bridgehead atoms. The van der Waals surface area contributed by atoms with Crippen LogP contribution in [-0.4, -0.2) is 35.4 Å². The summed E-state index contributed by atoms with van der Waals surface area (Å²) in [7, 11) is 0. The fraction of sp³-hybridized carbons (Fsp3) is 0.750. The molecule has 1 N–H and O–H groups in total. The Labute approximate surface area is 171 Å². The van der Waals surface area contributed by atoms with Crippen molar-refractivity contribution >= 4 is 11.5 Å². The minimum absolute atomic E-state index is 0.0194. The van der Waals surface area contributed by atoms with Crippen LogP contribution in [0.4, 0.5) is 0 Å². The molecule has 1 rings (SSSR count). The maximum Gasteiger partial charge on any atom is 0.168 e. The van der Waals surface area contributed by atoms with Gasteiger partial charge in [0.05, 0.1) is 16.9 Å². The van der Waals surface area contributed by atoms with Crippen LogP contribution in [0, 0.1) is 23.2 Å². The van der Waals surface area contributed by atoms with Crippen LogP contribution in [0.1, 0.15) is 87.0 Å². The van der Waals surface area contributed by atoms with Gasteiger partial charge in [-0.05, 0) is 45.4 Å². The monoisotopic (exact) mass is 389 g/mol. The first kappa shape index (κ1) is 24.4. The van der Waals surface area contributed by atoms with E-state index in [1.807, 2.05) is 34.6 Å². The van der Waals surface area contributed by atoms with E-state index >= 15 is 0 Å². The van der Waals surface area contributed by atoms with Gasteiger partial charge in [-0.2, -0.15) is 0 Å². The van der Waals surface area contributed by atoms with Crippen LogP contribution >= 0.6 is 0 Å². The van der Waals surface area contributed by atoms with E-state index in [0.717, 1.165) is 19.3 Å². The van der Waals surface area contributed by atoms with Gasteiger partial charge in [0.1, 0.15) is 12.3 Å². The van der Waals surface area contributed by atoms with Gasteiger partial charge in [-0.25, -0.2) is 0 Å². The molecule has 1 unspecified atom stereocenters. The van der Waals surface area contributed by atoms with Gasteiger partial charge >= 0.3 is 0 Å². The van der Waals surface area contributed by atoms with Gasteiger partial charge < -0.3 is 9.84 Å². The highest BCUT2D eigenvalue weighted by molar-refractivity contribution is 6.23. The molecule has 0 radical (unpaired) electrons. The molecular weight excluding hydrogens is 350 g/mol. The number of allylic oxidation sites excluding steroid dienone is 2. The molecular formula is C24H39NO3. The van der Waals surface area contributed by atoms with E-state index in [4.69, 9.17) is 4.74 Å². The maximum absolute atomic E-state index is 12.8. The Morgan fingerprint density at radius 2 is 2.00 bits per heavy atom. The number of hydrogen-bond donors (Lipinski definition) is 1. The van der Waals surface area contributed by atoms with Crippen molar-refractivity contribution in [3.05, 3.63) is 11.3 Å². The number of ketones is 1. The second-order valence-electron chi connectivity index (χ2n) is 9.23. The van der Waals surface area contributed by atoms with E-state index in [9.17, 15) is 9.90 Å². The topological polar surface area (TPSA) is 58.9 Å². The van der Waals surface area contributed by atoms with Crippen molar-refractivity contribution in [2.75, 3.05) is 13.2 Å². The SMILES string of the molecule is CCCC(C)C#CCN=C(CCC(C)(C)OCC)C1=C(O)CC(C)(C)CC1=O. The third-order valence-electron chi connectivity index (χ3n) is 5.06. The van der Waals surface area contributed by atoms with E-state index in [1.54, 1.807) is 0 Å². The van der Waals surface area contributed by atoms with Crippen LogP contribution in [0.25, 0.3) is 0 Å². The zero-order valence-electron chi connectivity index (χ0n) is 18.9. The first-order valence-corrected chi connectivity index (χ1v) is 10.6. The summed E-state index contributed by atoms with van der Waals surface area (Å²) < 4.78 is 5.79. The third kappa shape index (κ3) is 8.19. The van der Waals surface area contributed by atoms with Gasteiger partial charge in [-0.3, -0.25) is 9.79 Å². The Balaban J connectivity index is 3.07. The molecule has 0 saturated carbocycles. The minimum atomic E-state index is -0.302. The van der Waals surface area contributed by atoms with E-state index in [-0.39, 0.29) is 22.6 Å². The van der Waals surface area contributed by atoms with Gasteiger partial charge in [0.25, 0.3) is 0 Å². The number of aliphatic hydroxyl groups excluding tert-OH is 1. The molecule has 0 amide bonds. The zero-order chi connectivity index (χ0) is 21.4. The van der Waals surface area contributed by atoms with Gasteiger partial charge in [-0.15, -0.1) is 0 Å². The summed E-state index contributed by atoms with van der Waals surface area (Å²) in [5.41, 5.74) is 0.568. The van der Waals surface area contributed by atoms with Crippen LogP contribution in [-0.2, 0) is 9.53 Å². The standard InChI is InChI=1S/C24H39NO3/c1-8-11-18(3)12-10-15-25-19(13-14-24(6,7)28-9-2)22-20(26)16-23(4,5)17-21(22)27/h18,26H,8-9,11,13-17H2,1-7H3. The van der Waals surface area contributed by atoms with Gasteiger partial charge in [0, 0.05) is 25.4 Å². The number of aliphatic hydroxyl groups is 1. The van der Waals surface area contributed by atoms with Crippen molar-refractivity contribution in [2.24, 2.45) is 16.3 Å². The van der Waals surface area contributed by atoms with Gasteiger partial charge in [0.15, 0.2) is 5.78 Å². The van der Waals surface area contributed by atoms with Crippen LogP contribution in [0.2, 0.25) is 0 Å². The molecule has 4 heteroatoms. The molecule has 0 aromatic heterocycles. The number of aliphatic imine (C=N–C) groups is 1. The lowest BCUT2D eigenvalue weighted by molar-refractivity contribution is -0.118. The average molecular weight is 390 g/mol. The highest BCUT2D eigenvalue weighted by Gasteiger charge is 2.35. The predicted molar refractivity (Wildman–Crippen MR) is 117 cm³/mol. The maximum atomic E-state index is 12.8. The molecule has 1 atom stereocenters. The normalized spacial score (nSPS) is 18.7. The Hall–Kier alpha value is -1.60. The highest BCUT2D eigenvalue weighted by Crippen LogP contribution is 2.37. The zero-order valence-corrected chi connectivity index (χ0v) is 18.9. The molecule has 1 aliphatic rings. The second-order valence-corrected chi connectivity index (χ2v) is 9.23. The second kappa shape index (κ2) is 10.8. The van der Waals surface area contributed by atoms with Crippen molar-refractivity contribution in [3.63, 3.8) is 0 Å². The van der Waals surface area contributed by atoms with E-state index in [2.05, 4.69) is 30.7 Å². The molecule has 1 aliphatic carbocycles. The third-order valence-corrected chi connectivity index (χ3v) is 5.06. The number of rotatable bonds is 9. The number of carbonyl (C=O) groups excluding carboxylic acids is 1. The number of nitrogens with zero attached hydrogens (tertiary/aromatic N) is 1. The highest BCUT2D eigenvalue weighted by atomic mass is 16.5. The van der Waals surface area contributed by atoms with Gasteiger partial charge in [0.2, 0.25) is 0 Å². The Morgan fingerprint density at radius 3 is 2.57 bits per heavy atom. The Bertz CT molecular complexity index is 659. The summed E-state index contributed by atoms with van der Waals surface area (Å²) >= 11 is 0. The van der Waals surface area contributed by atoms with Crippen molar-refractivity contribution in [3.8, 4) is 11.8 Å². The number of ether oxygens (including phenoxy) is 1. The summed E-state index contributed by atoms with van der Waals surface area (Å²) in [4.78, 5) is 17.4. The molecule has 0 spiro atoms. The van der Waals surface area contributed by atoms with Crippen molar-refractivity contribution in [2.45, 2.75) is 92.6 Å². The molecule has 0 aliphatic heterocycles. The Morgan fingerprint density at radius 1 is 1.32 bits per heavy atom. The van der Waals surface area contributed by atoms with E-state index < -0.39 is 0 Å². The smallest absolute Gasteiger partial charge is 0.168 e. The summed E-state index contributed by atoms with van der Waals surface area (Å²) in [6, 6.07) is 0. The van der Waals surface area contributed by atoms with Crippen LogP contribution in [0.15, 0.2) is 16.3 Å². The lowest BCUT2D eigenvalue weighted by Crippen LogP contribution is -2.31. The molecule has 0 fully saturated rings. The molecule has 0 heterocycles. The summed E-state index contributed by atoms with van der Waals surface area (Å²) in [5, 5.41) is 10.6. The first-order chi connectivity index (χ1) is 13.0. The van der Waals surface area contributed by atoms with Crippen molar-refractivity contribution < 1.29 is 14.6 Å². The minimum Gasteiger partial charge on any atom is -0.511 e. The van der Waals surface area contributed by atoms with Crippen molar-refractivity contribution in [1.82, 2.24) is 0 Å². The van der Waals surface area contributed by atoms with E-state index in [0.29, 0.717) is 49.6 Å². The van der Waals surface area contributed by atoms with Crippen LogP contribution in [0.3, 0.4) is 0 Å². The molecule has 28 heavy (non-hydrogen) atoms. The summed E-state index contributed by atoms with van der Waals surface area (Å²) in [6.07, 6.45) is 4.44. The Kier molecular flexibility index (Phi) is 9.44. The molecule has 0 aromatic rings. The lowest BCUT2D eigenvalue weighted by Gasteiger charge is -2.31. The summed E-state index contributed by atoms with van der Waals surface area (Å²) in [6.45, 7) is 15.3. The lowest BCUT2D eigenvalue weighted by atomic mass is 9.75. The van der Waals surface area contributed by atoms with Crippen LogP contribution in [0.5, 0.6) is 0 Å². The summed E-state index contributed by atoms with van der Waals surface area (Å²) in [5.74, 6) is 6.85. The van der Waals surface area contributed by atoms with Crippen molar-refractivity contribution in [1.29, 1.82) is 0 Å². The number of hydrogen-bond acceptors (Lipinski definition) is 4. The fourth-order valence-corrected chi connectivity index (χ4v) is 3.64. The number of carbonyl (C=O) groups is 1.